The van der Waals surface area contributed by atoms with Gasteiger partial charge in [-0.2, -0.15) is 5.26 Å². The van der Waals surface area contributed by atoms with Crippen LogP contribution in [0.25, 0.3) is 0 Å². The zero-order valence-electron chi connectivity index (χ0n) is 14.5. The van der Waals surface area contributed by atoms with Crippen molar-refractivity contribution in [2.24, 2.45) is 0 Å². The maximum Gasteiger partial charge on any atom is 0.243 e. The van der Waals surface area contributed by atoms with Crippen LogP contribution in [0.5, 0.6) is 0 Å². The summed E-state index contributed by atoms with van der Waals surface area (Å²) < 4.78 is 0. The van der Waals surface area contributed by atoms with E-state index < -0.39 is 0 Å². The molecule has 1 saturated heterocycles. The summed E-state index contributed by atoms with van der Waals surface area (Å²) in [6.07, 6.45) is 2.73. The molecule has 2 N–H and O–H groups in total. The molecule has 0 radical (unpaired) electrons. The van der Waals surface area contributed by atoms with Crippen molar-refractivity contribution in [2.75, 3.05) is 35.2 Å². The van der Waals surface area contributed by atoms with Crippen LogP contribution in [-0.2, 0) is 11.2 Å². The average molecular weight is 369 g/mol. The number of nitrogens with one attached hydrogen (secondary N) is 2. The Balaban J connectivity index is 1.60. The number of rotatable bonds is 6. The van der Waals surface area contributed by atoms with E-state index in [1.54, 1.807) is 12.1 Å². The first-order valence-electron chi connectivity index (χ1n) is 8.70. The van der Waals surface area contributed by atoms with Crippen molar-refractivity contribution in [1.82, 2.24) is 0 Å². The minimum Gasteiger partial charge on any atom is -0.374 e. The molecule has 2 aromatic carbocycles. The molecule has 1 fully saturated rings. The SMILES string of the molecule is N#CCc1ccc(NC(=O)CNc2cc(Cl)ccc2N2CCCC2)cc1. The van der Waals surface area contributed by atoms with Crippen molar-refractivity contribution in [3.8, 4) is 6.07 Å². The zero-order valence-corrected chi connectivity index (χ0v) is 15.2. The van der Waals surface area contributed by atoms with Crippen molar-refractivity contribution in [3.63, 3.8) is 0 Å². The largest absolute Gasteiger partial charge is 0.374 e. The van der Waals surface area contributed by atoms with Gasteiger partial charge in [0.05, 0.1) is 30.4 Å². The van der Waals surface area contributed by atoms with Crippen molar-refractivity contribution >= 4 is 34.6 Å². The van der Waals surface area contributed by atoms with E-state index in [9.17, 15) is 4.79 Å². The molecule has 134 valence electrons. The normalized spacial score (nSPS) is 13.3. The lowest BCUT2D eigenvalue weighted by atomic mass is 10.1. The van der Waals surface area contributed by atoms with E-state index in [1.807, 2.05) is 30.3 Å². The van der Waals surface area contributed by atoms with Gasteiger partial charge < -0.3 is 15.5 Å². The van der Waals surface area contributed by atoms with Gasteiger partial charge in [0.25, 0.3) is 0 Å². The Morgan fingerprint density at radius 3 is 2.58 bits per heavy atom. The minimum atomic E-state index is -0.134. The number of halogens is 1. The molecule has 6 heteroatoms. The predicted octanol–water partition coefficient (Wildman–Crippen LogP) is 4.06. The molecule has 1 heterocycles. The lowest BCUT2D eigenvalue weighted by Gasteiger charge is -2.22. The highest BCUT2D eigenvalue weighted by Crippen LogP contribution is 2.31. The number of benzene rings is 2. The molecule has 0 spiro atoms. The fraction of sp³-hybridized carbons (Fsp3) is 0.300. The minimum absolute atomic E-state index is 0.134. The third-order valence-corrected chi connectivity index (χ3v) is 4.60. The van der Waals surface area contributed by atoms with Crippen LogP contribution in [0.15, 0.2) is 42.5 Å². The van der Waals surface area contributed by atoms with Crippen LogP contribution in [0.3, 0.4) is 0 Å². The Labute approximate surface area is 158 Å². The summed E-state index contributed by atoms with van der Waals surface area (Å²) in [7, 11) is 0. The number of anilines is 3. The molecule has 0 unspecified atom stereocenters. The summed E-state index contributed by atoms with van der Waals surface area (Å²) in [5, 5.41) is 15.4. The highest BCUT2D eigenvalue weighted by molar-refractivity contribution is 6.31. The molecule has 1 amide bonds. The molecule has 0 aliphatic carbocycles. The molecule has 1 aliphatic rings. The molecular weight excluding hydrogens is 348 g/mol. The number of amides is 1. The standard InChI is InChI=1S/C20H21ClN4O/c21-16-5-8-19(25-11-1-2-12-25)18(13-16)23-14-20(26)24-17-6-3-15(4-7-17)9-10-22/h3-8,13,23H,1-2,9,11-12,14H2,(H,24,26). The van der Waals surface area contributed by atoms with Crippen LogP contribution in [0, 0.1) is 11.3 Å². The quantitative estimate of drug-likeness (QED) is 0.806. The molecule has 0 bridgehead atoms. The summed E-state index contributed by atoms with van der Waals surface area (Å²) in [6.45, 7) is 2.20. The van der Waals surface area contributed by atoms with Gasteiger partial charge in [-0.15, -0.1) is 0 Å². The maximum absolute atomic E-state index is 12.2. The van der Waals surface area contributed by atoms with Crippen LogP contribution in [0.4, 0.5) is 17.1 Å². The monoisotopic (exact) mass is 368 g/mol. The second kappa shape index (κ2) is 8.59. The Morgan fingerprint density at radius 1 is 1.15 bits per heavy atom. The van der Waals surface area contributed by atoms with Gasteiger partial charge in [-0.25, -0.2) is 0 Å². The van der Waals surface area contributed by atoms with E-state index in [1.165, 1.54) is 12.8 Å². The molecule has 0 atom stereocenters. The predicted molar refractivity (Wildman–Crippen MR) is 106 cm³/mol. The number of carbonyl (C=O) groups excluding carboxylic acids is 1. The topological polar surface area (TPSA) is 68.2 Å². The molecule has 26 heavy (non-hydrogen) atoms. The van der Waals surface area contributed by atoms with Gasteiger partial charge in [0.15, 0.2) is 0 Å². The molecule has 1 aliphatic heterocycles. The first kappa shape index (κ1) is 18.1. The molecule has 0 saturated carbocycles. The van der Waals surface area contributed by atoms with Crippen LogP contribution in [0.1, 0.15) is 18.4 Å². The van der Waals surface area contributed by atoms with Gasteiger partial charge in [-0.1, -0.05) is 23.7 Å². The van der Waals surface area contributed by atoms with Gasteiger partial charge in [0, 0.05) is 23.8 Å². The van der Waals surface area contributed by atoms with Gasteiger partial charge in [0.1, 0.15) is 0 Å². The van der Waals surface area contributed by atoms with Crippen molar-refractivity contribution in [2.45, 2.75) is 19.3 Å². The number of nitriles is 1. The van der Waals surface area contributed by atoms with Gasteiger partial charge >= 0.3 is 0 Å². The Hall–Kier alpha value is -2.71. The van der Waals surface area contributed by atoms with E-state index in [-0.39, 0.29) is 12.5 Å². The first-order valence-corrected chi connectivity index (χ1v) is 9.07. The van der Waals surface area contributed by atoms with E-state index >= 15 is 0 Å². The fourth-order valence-corrected chi connectivity index (χ4v) is 3.23. The third kappa shape index (κ3) is 4.68. The fourth-order valence-electron chi connectivity index (χ4n) is 3.06. The van der Waals surface area contributed by atoms with E-state index in [2.05, 4.69) is 21.6 Å². The smallest absolute Gasteiger partial charge is 0.243 e. The second-order valence-electron chi connectivity index (χ2n) is 6.29. The third-order valence-electron chi connectivity index (χ3n) is 4.37. The summed E-state index contributed by atoms with van der Waals surface area (Å²) >= 11 is 6.13. The van der Waals surface area contributed by atoms with Crippen LogP contribution in [-0.4, -0.2) is 25.5 Å². The van der Waals surface area contributed by atoms with Crippen LogP contribution in [0.2, 0.25) is 5.02 Å². The summed E-state index contributed by atoms with van der Waals surface area (Å²) in [5.41, 5.74) is 3.60. The van der Waals surface area contributed by atoms with Gasteiger partial charge in [-0.3, -0.25) is 4.79 Å². The molecule has 3 rings (SSSR count). The Morgan fingerprint density at radius 2 is 1.88 bits per heavy atom. The lowest BCUT2D eigenvalue weighted by molar-refractivity contribution is -0.114. The summed E-state index contributed by atoms with van der Waals surface area (Å²) in [5.74, 6) is -0.134. The Kier molecular flexibility index (Phi) is 5.98. The highest BCUT2D eigenvalue weighted by atomic mass is 35.5. The number of hydrogen-bond donors (Lipinski definition) is 2. The van der Waals surface area contributed by atoms with Gasteiger partial charge in [0.2, 0.25) is 5.91 Å². The van der Waals surface area contributed by atoms with Gasteiger partial charge in [-0.05, 0) is 48.7 Å². The Bertz CT molecular complexity index is 808. The van der Waals surface area contributed by atoms with Crippen LogP contribution >= 0.6 is 11.6 Å². The van der Waals surface area contributed by atoms with Crippen molar-refractivity contribution in [3.05, 3.63) is 53.1 Å². The number of nitrogens with zero attached hydrogens (tertiary/aromatic N) is 2. The van der Waals surface area contributed by atoms with E-state index in [0.29, 0.717) is 17.1 Å². The van der Waals surface area contributed by atoms with Crippen LogP contribution < -0.4 is 15.5 Å². The van der Waals surface area contributed by atoms with Crippen molar-refractivity contribution in [1.29, 1.82) is 5.26 Å². The molecule has 2 aromatic rings. The lowest BCUT2D eigenvalue weighted by Crippen LogP contribution is -2.24. The number of hydrogen-bond acceptors (Lipinski definition) is 4. The average Bonchev–Trinajstić information content (AvgIpc) is 3.16. The van der Waals surface area contributed by atoms with E-state index in [4.69, 9.17) is 16.9 Å². The number of carbonyl (C=O) groups is 1. The second-order valence-corrected chi connectivity index (χ2v) is 6.73. The molecular formula is C20H21ClN4O. The van der Waals surface area contributed by atoms with Crippen molar-refractivity contribution < 1.29 is 4.79 Å². The molecule has 0 aromatic heterocycles. The zero-order chi connectivity index (χ0) is 18.4. The highest BCUT2D eigenvalue weighted by Gasteiger charge is 2.16. The molecule has 5 nitrogen and oxygen atoms in total. The maximum atomic E-state index is 12.2. The first-order chi connectivity index (χ1) is 12.7. The summed E-state index contributed by atoms with van der Waals surface area (Å²) in [4.78, 5) is 14.6. The van der Waals surface area contributed by atoms with E-state index in [0.717, 1.165) is 30.0 Å². The summed E-state index contributed by atoms with van der Waals surface area (Å²) in [6, 6.07) is 15.1.